The quantitative estimate of drug-likeness (QED) is 0.461. The third-order valence-electron chi connectivity index (χ3n) is 5.07. The Balaban J connectivity index is 2.62. The van der Waals surface area contributed by atoms with E-state index in [1.165, 1.54) is 0 Å². The van der Waals surface area contributed by atoms with Gasteiger partial charge in [-0.3, -0.25) is 14.8 Å². The van der Waals surface area contributed by atoms with Gasteiger partial charge in [0, 0.05) is 38.3 Å². The average Bonchev–Trinajstić information content (AvgIpc) is 2.61. The van der Waals surface area contributed by atoms with Crippen LogP contribution >= 0.6 is 0 Å². The molecule has 1 fully saturated rings. The summed E-state index contributed by atoms with van der Waals surface area (Å²) >= 11 is 0. The van der Waals surface area contributed by atoms with Crippen molar-refractivity contribution in [3.8, 4) is 0 Å². The lowest BCUT2D eigenvalue weighted by Crippen LogP contribution is -2.49. The maximum absolute atomic E-state index is 5.50. The van der Waals surface area contributed by atoms with Crippen LogP contribution in [0.4, 0.5) is 0 Å². The molecule has 1 rings (SSSR count). The summed E-state index contributed by atoms with van der Waals surface area (Å²) in [5, 5.41) is 6.91. The lowest BCUT2D eigenvalue weighted by atomic mass is 10.0. The Bertz CT molecular complexity index is 365. The second kappa shape index (κ2) is 12.5. The lowest BCUT2D eigenvalue weighted by molar-refractivity contribution is 0.00867. The SMILES string of the molecule is CCNC(=NCC(C(C)C)N1CCOCC1)NCC(C)N(CC)CC. The summed E-state index contributed by atoms with van der Waals surface area (Å²) in [4.78, 5) is 9.87. The minimum Gasteiger partial charge on any atom is -0.379 e. The van der Waals surface area contributed by atoms with E-state index in [1.807, 2.05) is 0 Å². The maximum Gasteiger partial charge on any atom is 0.191 e. The summed E-state index contributed by atoms with van der Waals surface area (Å²) in [6, 6.07) is 0.971. The van der Waals surface area contributed by atoms with E-state index in [9.17, 15) is 0 Å². The molecule has 25 heavy (non-hydrogen) atoms. The Morgan fingerprint density at radius 1 is 1.08 bits per heavy atom. The predicted molar refractivity (Wildman–Crippen MR) is 107 cm³/mol. The summed E-state index contributed by atoms with van der Waals surface area (Å²) < 4.78 is 5.50. The third-order valence-corrected chi connectivity index (χ3v) is 5.07. The number of guanidine groups is 1. The van der Waals surface area contributed by atoms with Crippen LogP contribution in [0.25, 0.3) is 0 Å². The summed E-state index contributed by atoms with van der Waals surface area (Å²) in [6.45, 7) is 21.9. The molecular formula is C19H41N5O. The monoisotopic (exact) mass is 355 g/mol. The molecule has 2 N–H and O–H groups in total. The Morgan fingerprint density at radius 3 is 2.24 bits per heavy atom. The fourth-order valence-corrected chi connectivity index (χ4v) is 3.40. The highest BCUT2D eigenvalue weighted by molar-refractivity contribution is 5.79. The van der Waals surface area contributed by atoms with E-state index < -0.39 is 0 Å². The molecule has 1 aliphatic rings. The van der Waals surface area contributed by atoms with Crippen molar-refractivity contribution in [1.82, 2.24) is 20.4 Å². The van der Waals surface area contributed by atoms with E-state index in [0.29, 0.717) is 18.0 Å². The molecule has 148 valence electrons. The minimum absolute atomic E-state index is 0.472. The molecule has 0 aliphatic carbocycles. The fourth-order valence-electron chi connectivity index (χ4n) is 3.40. The van der Waals surface area contributed by atoms with Crippen LogP contribution in [-0.4, -0.2) is 86.9 Å². The van der Waals surface area contributed by atoms with Gasteiger partial charge in [0.1, 0.15) is 0 Å². The molecule has 0 bridgehead atoms. The van der Waals surface area contributed by atoms with E-state index in [4.69, 9.17) is 9.73 Å². The van der Waals surface area contributed by atoms with E-state index in [1.54, 1.807) is 0 Å². The number of nitrogens with zero attached hydrogens (tertiary/aromatic N) is 3. The summed E-state index contributed by atoms with van der Waals surface area (Å²) in [5.41, 5.74) is 0. The summed E-state index contributed by atoms with van der Waals surface area (Å²) in [5.74, 6) is 1.51. The van der Waals surface area contributed by atoms with Crippen LogP contribution < -0.4 is 10.6 Å². The van der Waals surface area contributed by atoms with Crippen molar-refractivity contribution in [2.75, 3.05) is 59.0 Å². The van der Waals surface area contributed by atoms with Gasteiger partial charge < -0.3 is 15.4 Å². The third kappa shape index (κ3) is 7.92. The minimum atomic E-state index is 0.472. The molecule has 0 radical (unpaired) electrons. The Hall–Kier alpha value is -0.850. The topological polar surface area (TPSA) is 52.1 Å². The maximum atomic E-state index is 5.50. The van der Waals surface area contributed by atoms with Crippen molar-refractivity contribution in [2.24, 2.45) is 10.9 Å². The van der Waals surface area contributed by atoms with Crippen LogP contribution in [-0.2, 0) is 4.74 Å². The van der Waals surface area contributed by atoms with E-state index >= 15 is 0 Å². The number of nitrogens with one attached hydrogen (secondary N) is 2. The van der Waals surface area contributed by atoms with Gasteiger partial charge in [-0.25, -0.2) is 0 Å². The van der Waals surface area contributed by atoms with Gasteiger partial charge in [-0.15, -0.1) is 0 Å². The van der Waals surface area contributed by atoms with Gasteiger partial charge in [0.25, 0.3) is 0 Å². The molecule has 6 nitrogen and oxygen atoms in total. The molecule has 0 aromatic carbocycles. The zero-order valence-corrected chi connectivity index (χ0v) is 17.3. The van der Waals surface area contributed by atoms with Crippen LogP contribution in [0.15, 0.2) is 4.99 Å². The van der Waals surface area contributed by atoms with Gasteiger partial charge in [-0.2, -0.15) is 0 Å². The summed E-state index contributed by atoms with van der Waals surface area (Å²) in [6.07, 6.45) is 0. The first kappa shape index (κ1) is 22.2. The van der Waals surface area contributed by atoms with Gasteiger partial charge >= 0.3 is 0 Å². The molecular weight excluding hydrogens is 314 g/mol. The number of hydrogen-bond donors (Lipinski definition) is 2. The van der Waals surface area contributed by atoms with Crippen LogP contribution in [0.2, 0.25) is 0 Å². The smallest absolute Gasteiger partial charge is 0.191 e. The van der Waals surface area contributed by atoms with E-state index in [-0.39, 0.29) is 0 Å². The van der Waals surface area contributed by atoms with Crippen molar-refractivity contribution < 1.29 is 4.74 Å². The van der Waals surface area contributed by atoms with Gasteiger partial charge in [-0.05, 0) is 32.9 Å². The molecule has 1 aliphatic heterocycles. The van der Waals surface area contributed by atoms with Gasteiger partial charge in [-0.1, -0.05) is 27.7 Å². The van der Waals surface area contributed by atoms with Gasteiger partial charge in [0.15, 0.2) is 5.96 Å². The van der Waals surface area contributed by atoms with Crippen molar-refractivity contribution in [1.29, 1.82) is 0 Å². The zero-order chi connectivity index (χ0) is 18.7. The molecule has 0 saturated carbocycles. The molecule has 2 unspecified atom stereocenters. The van der Waals surface area contributed by atoms with Gasteiger partial charge in [0.2, 0.25) is 0 Å². The van der Waals surface area contributed by atoms with Crippen LogP contribution in [0.1, 0.15) is 41.5 Å². The number of likely N-dealkylation sites (N-methyl/N-ethyl adjacent to an activating group) is 1. The van der Waals surface area contributed by atoms with Crippen LogP contribution in [0, 0.1) is 5.92 Å². The standard InChI is InChI=1S/C19H41N5O/c1-7-20-19(21-14-17(6)23(8-2)9-3)22-15-18(16(4)5)24-10-12-25-13-11-24/h16-18H,7-15H2,1-6H3,(H2,20,21,22). The predicted octanol–water partition coefficient (Wildman–Crippen LogP) is 1.63. The van der Waals surface area contributed by atoms with Crippen molar-refractivity contribution in [2.45, 2.75) is 53.6 Å². The molecule has 0 spiro atoms. The highest BCUT2D eigenvalue weighted by Gasteiger charge is 2.23. The Morgan fingerprint density at radius 2 is 1.72 bits per heavy atom. The number of rotatable bonds is 10. The number of morpholine rings is 1. The lowest BCUT2D eigenvalue weighted by Gasteiger charge is -2.36. The molecule has 0 aromatic heterocycles. The fraction of sp³-hybridized carbons (Fsp3) is 0.947. The highest BCUT2D eigenvalue weighted by atomic mass is 16.5. The van der Waals surface area contributed by atoms with E-state index in [0.717, 1.165) is 65.0 Å². The molecule has 0 amide bonds. The molecule has 0 aromatic rings. The molecule has 1 heterocycles. The summed E-state index contributed by atoms with van der Waals surface area (Å²) in [7, 11) is 0. The first-order valence-corrected chi connectivity index (χ1v) is 10.1. The van der Waals surface area contributed by atoms with Gasteiger partial charge in [0.05, 0.1) is 19.8 Å². The van der Waals surface area contributed by atoms with Crippen molar-refractivity contribution in [3.63, 3.8) is 0 Å². The molecule has 6 heteroatoms. The largest absolute Gasteiger partial charge is 0.379 e. The average molecular weight is 356 g/mol. The van der Waals surface area contributed by atoms with Crippen LogP contribution in [0.3, 0.4) is 0 Å². The molecule has 1 saturated heterocycles. The first-order valence-electron chi connectivity index (χ1n) is 10.1. The van der Waals surface area contributed by atoms with E-state index in [2.05, 4.69) is 62.0 Å². The zero-order valence-electron chi connectivity index (χ0n) is 17.3. The number of aliphatic imine (C=N–C) groups is 1. The van der Waals surface area contributed by atoms with Crippen molar-refractivity contribution >= 4 is 5.96 Å². The normalized spacial score (nSPS) is 19.3. The second-order valence-electron chi connectivity index (χ2n) is 7.13. The molecule has 2 atom stereocenters. The Labute approximate surface area is 155 Å². The van der Waals surface area contributed by atoms with Crippen LogP contribution in [0.5, 0.6) is 0 Å². The number of hydrogen-bond acceptors (Lipinski definition) is 4. The number of ether oxygens (including phenoxy) is 1. The van der Waals surface area contributed by atoms with Crippen molar-refractivity contribution in [3.05, 3.63) is 0 Å². The Kier molecular flexibility index (Phi) is 11.1. The highest BCUT2D eigenvalue weighted by Crippen LogP contribution is 2.13. The first-order chi connectivity index (χ1) is 12.0. The second-order valence-corrected chi connectivity index (χ2v) is 7.13.